The van der Waals surface area contributed by atoms with Crippen LogP contribution in [0.3, 0.4) is 0 Å². The molecule has 0 aromatic heterocycles. The van der Waals surface area contributed by atoms with Crippen molar-refractivity contribution < 1.29 is 14.7 Å². The summed E-state index contributed by atoms with van der Waals surface area (Å²) < 4.78 is 0. The normalized spacial score (nSPS) is 22.2. The Kier molecular flexibility index (Phi) is 5.85. The molecular formula is C15H27N3O3. The van der Waals surface area contributed by atoms with Gasteiger partial charge >= 0.3 is 12.0 Å². The Morgan fingerprint density at radius 2 is 1.81 bits per heavy atom. The van der Waals surface area contributed by atoms with Crippen molar-refractivity contribution >= 4 is 12.0 Å². The Labute approximate surface area is 126 Å². The van der Waals surface area contributed by atoms with Crippen LogP contribution in [0.1, 0.15) is 45.4 Å². The van der Waals surface area contributed by atoms with Crippen molar-refractivity contribution in [3.63, 3.8) is 0 Å². The fourth-order valence-corrected chi connectivity index (χ4v) is 3.35. The Hall–Kier alpha value is -1.30. The molecule has 120 valence electrons. The Morgan fingerprint density at radius 3 is 2.33 bits per heavy atom. The van der Waals surface area contributed by atoms with Crippen molar-refractivity contribution in [2.75, 3.05) is 26.2 Å². The lowest BCUT2D eigenvalue weighted by atomic mass is 10.1. The molecule has 1 aliphatic carbocycles. The minimum absolute atomic E-state index is 0.234. The Balaban J connectivity index is 1.78. The van der Waals surface area contributed by atoms with Gasteiger partial charge in [0, 0.05) is 32.2 Å². The largest absolute Gasteiger partial charge is 0.480 e. The van der Waals surface area contributed by atoms with Gasteiger partial charge < -0.3 is 15.3 Å². The number of nitrogens with zero attached hydrogens (tertiary/aromatic N) is 2. The molecule has 1 saturated heterocycles. The van der Waals surface area contributed by atoms with Gasteiger partial charge in [-0.2, -0.15) is 0 Å². The first-order valence-corrected chi connectivity index (χ1v) is 8.14. The molecule has 2 fully saturated rings. The van der Waals surface area contributed by atoms with E-state index in [0.717, 1.165) is 19.5 Å². The molecule has 6 heteroatoms. The van der Waals surface area contributed by atoms with Gasteiger partial charge in [-0.3, -0.25) is 4.90 Å². The minimum atomic E-state index is -0.949. The molecule has 6 nitrogen and oxygen atoms in total. The van der Waals surface area contributed by atoms with Crippen LogP contribution in [0.4, 0.5) is 4.79 Å². The van der Waals surface area contributed by atoms with Crippen molar-refractivity contribution in [3.8, 4) is 0 Å². The van der Waals surface area contributed by atoms with E-state index in [1.54, 1.807) is 4.90 Å². The van der Waals surface area contributed by atoms with Crippen molar-refractivity contribution in [1.82, 2.24) is 15.1 Å². The molecule has 2 rings (SSSR count). The van der Waals surface area contributed by atoms with Crippen LogP contribution in [0.2, 0.25) is 0 Å². The summed E-state index contributed by atoms with van der Waals surface area (Å²) in [5.41, 5.74) is 0. The number of rotatable bonds is 5. The fraction of sp³-hybridized carbons (Fsp3) is 0.867. The van der Waals surface area contributed by atoms with Crippen LogP contribution in [0.25, 0.3) is 0 Å². The maximum Gasteiger partial charge on any atom is 0.326 e. The molecular weight excluding hydrogens is 270 g/mol. The molecule has 1 aliphatic heterocycles. The smallest absolute Gasteiger partial charge is 0.326 e. The topological polar surface area (TPSA) is 72.9 Å². The zero-order valence-electron chi connectivity index (χ0n) is 12.9. The summed E-state index contributed by atoms with van der Waals surface area (Å²) >= 11 is 0. The lowest BCUT2D eigenvalue weighted by molar-refractivity contribution is -0.139. The lowest BCUT2D eigenvalue weighted by Crippen LogP contribution is -2.56. The highest BCUT2D eigenvalue weighted by Gasteiger charge is 2.29. The molecule has 1 unspecified atom stereocenters. The number of urea groups is 1. The van der Waals surface area contributed by atoms with Gasteiger partial charge in [-0.25, -0.2) is 9.59 Å². The summed E-state index contributed by atoms with van der Waals surface area (Å²) in [5.74, 6) is -0.949. The molecule has 21 heavy (non-hydrogen) atoms. The number of carboxylic acid groups (broad SMARTS) is 1. The fourth-order valence-electron chi connectivity index (χ4n) is 3.35. The van der Waals surface area contributed by atoms with Crippen LogP contribution >= 0.6 is 0 Å². The molecule has 0 radical (unpaired) electrons. The van der Waals surface area contributed by atoms with E-state index in [1.807, 2.05) is 6.92 Å². The Morgan fingerprint density at radius 1 is 1.19 bits per heavy atom. The molecule has 0 bridgehead atoms. The van der Waals surface area contributed by atoms with Gasteiger partial charge in [0.2, 0.25) is 0 Å². The molecule has 0 aromatic rings. The number of carboxylic acids is 1. The van der Waals surface area contributed by atoms with E-state index in [1.165, 1.54) is 25.7 Å². The van der Waals surface area contributed by atoms with E-state index in [2.05, 4.69) is 10.2 Å². The second kappa shape index (κ2) is 7.64. The third-order valence-electron chi connectivity index (χ3n) is 4.62. The average molecular weight is 297 g/mol. The van der Waals surface area contributed by atoms with Crippen molar-refractivity contribution in [3.05, 3.63) is 0 Å². The number of piperazine rings is 1. The van der Waals surface area contributed by atoms with E-state index < -0.39 is 12.0 Å². The van der Waals surface area contributed by atoms with Crippen molar-refractivity contribution in [1.29, 1.82) is 0 Å². The van der Waals surface area contributed by atoms with Crippen LogP contribution in [-0.2, 0) is 4.79 Å². The van der Waals surface area contributed by atoms with Gasteiger partial charge in [0.15, 0.2) is 0 Å². The number of aliphatic carboxylic acids is 1. The highest BCUT2D eigenvalue weighted by molar-refractivity contribution is 5.82. The number of carbonyl (C=O) groups excluding carboxylic acids is 1. The molecule has 2 aliphatic rings. The molecule has 1 saturated carbocycles. The van der Waals surface area contributed by atoms with Crippen LogP contribution in [0.15, 0.2) is 0 Å². The molecule has 1 atom stereocenters. The first-order valence-electron chi connectivity index (χ1n) is 8.14. The SMILES string of the molecule is CCCC(NC(=O)N1CCN(C2CCCC2)CC1)C(=O)O. The highest BCUT2D eigenvalue weighted by Crippen LogP contribution is 2.24. The Bertz CT molecular complexity index is 361. The van der Waals surface area contributed by atoms with Gasteiger partial charge in [0.25, 0.3) is 0 Å². The predicted molar refractivity (Wildman–Crippen MR) is 80.3 cm³/mol. The average Bonchev–Trinajstić information content (AvgIpc) is 3.01. The molecule has 1 heterocycles. The van der Waals surface area contributed by atoms with Gasteiger partial charge in [0.1, 0.15) is 6.04 Å². The van der Waals surface area contributed by atoms with Gasteiger partial charge in [-0.05, 0) is 19.3 Å². The van der Waals surface area contributed by atoms with Crippen LogP contribution in [0.5, 0.6) is 0 Å². The summed E-state index contributed by atoms with van der Waals surface area (Å²) in [7, 11) is 0. The molecule has 2 N–H and O–H groups in total. The van der Waals surface area contributed by atoms with Crippen LogP contribution < -0.4 is 5.32 Å². The van der Waals surface area contributed by atoms with Crippen LogP contribution in [-0.4, -0.2) is 65.2 Å². The number of hydrogen-bond donors (Lipinski definition) is 2. The molecule has 0 spiro atoms. The summed E-state index contributed by atoms with van der Waals surface area (Å²) in [6.45, 7) is 5.12. The van der Waals surface area contributed by atoms with E-state index in [0.29, 0.717) is 25.6 Å². The number of nitrogens with one attached hydrogen (secondary N) is 1. The number of amides is 2. The number of carbonyl (C=O) groups is 2. The summed E-state index contributed by atoms with van der Waals surface area (Å²) in [4.78, 5) is 27.5. The third-order valence-corrected chi connectivity index (χ3v) is 4.62. The van der Waals surface area contributed by atoms with Crippen molar-refractivity contribution in [2.24, 2.45) is 0 Å². The highest BCUT2D eigenvalue weighted by atomic mass is 16.4. The first-order chi connectivity index (χ1) is 10.1. The quantitative estimate of drug-likeness (QED) is 0.807. The standard InChI is InChI=1S/C15H27N3O3/c1-2-5-13(14(19)20)16-15(21)18-10-8-17(9-11-18)12-6-3-4-7-12/h12-13H,2-11H2,1H3,(H,16,21)(H,19,20). The van der Waals surface area contributed by atoms with Crippen LogP contribution in [0, 0.1) is 0 Å². The summed E-state index contributed by atoms with van der Waals surface area (Å²) in [5, 5.41) is 11.7. The number of hydrogen-bond acceptors (Lipinski definition) is 3. The lowest BCUT2D eigenvalue weighted by Gasteiger charge is -2.38. The van der Waals surface area contributed by atoms with Crippen molar-refractivity contribution in [2.45, 2.75) is 57.5 Å². The maximum atomic E-state index is 12.1. The second-order valence-corrected chi connectivity index (χ2v) is 6.09. The third kappa shape index (κ3) is 4.33. The van der Waals surface area contributed by atoms with E-state index in [-0.39, 0.29) is 6.03 Å². The molecule has 2 amide bonds. The monoisotopic (exact) mass is 297 g/mol. The van der Waals surface area contributed by atoms with Gasteiger partial charge in [0.05, 0.1) is 0 Å². The van der Waals surface area contributed by atoms with E-state index >= 15 is 0 Å². The van der Waals surface area contributed by atoms with Gasteiger partial charge in [-0.15, -0.1) is 0 Å². The summed E-state index contributed by atoms with van der Waals surface area (Å²) in [6, 6.07) is -0.306. The van der Waals surface area contributed by atoms with E-state index in [9.17, 15) is 9.59 Å². The maximum absolute atomic E-state index is 12.1. The first kappa shape index (κ1) is 16.1. The minimum Gasteiger partial charge on any atom is -0.480 e. The zero-order chi connectivity index (χ0) is 15.2. The molecule has 0 aromatic carbocycles. The second-order valence-electron chi connectivity index (χ2n) is 6.09. The zero-order valence-corrected chi connectivity index (χ0v) is 12.9. The van der Waals surface area contributed by atoms with E-state index in [4.69, 9.17) is 5.11 Å². The predicted octanol–water partition coefficient (Wildman–Crippen LogP) is 1.51. The summed E-state index contributed by atoms with van der Waals surface area (Å²) in [6.07, 6.45) is 6.43. The van der Waals surface area contributed by atoms with Gasteiger partial charge in [-0.1, -0.05) is 26.2 Å².